The molecule has 2 aromatic rings. The summed E-state index contributed by atoms with van der Waals surface area (Å²) in [5, 5.41) is 0. The number of pyridine rings is 1. The van der Waals surface area contributed by atoms with Gasteiger partial charge < -0.3 is 9.15 Å². The van der Waals surface area contributed by atoms with Gasteiger partial charge in [-0.25, -0.2) is 5.43 Å². The number of furan rings is 1. The van der Waals surface area contributed by atoms with E-state index < -0.39 is 0 Å². The maximum absolute atomic E-state index is 5.75. The highest BCUT2D eigenvalue weighted by Gasteiger charge is 2.17. The molecule has 0 saturated heterocycles. The van der Waals surface area contributed by atoms with Gasteiger partial charge in [0.2, 0.25) is 0 Å². The largest absolute Gasteiger partial charge is 0.489 e. The predicted octanol–water partition coefficient (Wildman–Crippen LogP) is 2.58. The summed E-state index contributed by atoms with van der Waals surface area (Å²) in [6, 6.07) is 5.57. The van der Waals surface area contributed by atoms with Gasteiger partial charge in [0.25, 0.3) is 0 Å². The molecule has 0 aliphatic rings. The van der Waals surface area contributed by atoms with Crippen molar-refractivity contribution in [3.05, 3.63) is 47.7 Å². The van der Waals surface area contributed by atoms with Crippen LogP contribution in [0.5, 0.6) is 5.75 Å². The highest BCUT2D eigenvalue weighted by molar-refractivity contribution is 5.31. The molecule has 108 valence electrons. The third-order valence-electron chi connectivity index (χ3n) is 2.92. The first kappa shape index (κ1) is 14.6. The van der Waals surface area contributed by atoms with E-state index in [9.17, 15) is 0 Å². The Kier molecular flexibility index (Phi) is 4.76. The molecule has 20 heavy (non-hydrogen) atoms. The highest BCUT2D eigenvalue weighted by atomic mass is 16.5. The average Bonchev–Trinajstić information content (AvgIpc) is 2.88. The predicted molar refractivity (Wildman–Crippen MR) is 77.3 cm³/mol. The van der Waals surface area contributed by atoms with Gasteiger partial charge in [-0.3, -0.25) is 10.8 Å². The standard InChI is InChI=1S/C15H21N3O2/c1-4-12-5-6-14(20-12)15(18-16)11-7-13(9-17-8-11)19-10(2)3/h5-10,15,18H,4,16H2,1-3H3. The number of ether oxygens (including phenoxy) is 1. The molecule has 0 spiro atoms. The molecule has 2 heterocycles. The number of hydrazine groups is 1. The molecule has 0 aromatic carbocycles. The third-order valence-corrected chi connectivity index (χ3v) is 2.92. The summed E-state index contributed by atoms with van der Waals surface area (Å²) in [5.74, 6) is 8.09. The summed E-state index contributed by atoms with van der Waals surface area (Å²) in [4.78, 5) is 4.20. The number of hydrogen-bond donors (Lipinski definition) is 2. The van der Waals surface area contributed by atoms with E-state index in [4.69, 9.17) is 15.0 Å². The zero-order valence-corrected chi connectivity index (χ0v) is 12.1. The number of aryl methyl sites for hydroxylation is 1. The van der Waals surface area contributed by atoms with Crippen LogP contribution in [0.1, 0.15) is 43.9 Å². The molecule has 0 radical (unpaired) electrons. The number of nitrogens with zero attached hydrogens (tertiary/aromatic N) is 1. The van der Waals surface area contributed by atoms with Crippen LogP contribution in [0.25, 0.3) is 0 Å². The lowest BCUT2D eigenvalue weighted by atomic mass is 10.1. The van der Waals surface area contributed by atoms with Gasteiger partial charge in [0.05, 0.1) is 12.3 Å². The minimum atomic E-state index is -0.237. The average molecular weight is 275 g/mol. The molecule has 0 saturated carbocycles. The Hall–Kier alpha value is -1.85. The van der Waals surface area contributed by atoms with E-state index in [0.717, 1.165) is 29.3 Å². The second-order valence-corrected chi connectivity index (χ2v) is 4.88. The summed E-state index contributed by atoms with van der Waals surface area (Å²) in [7, 11) is 0. The first-order valence-electron chi connectivity index (χ1n) is 6.80. The van der Waals surface area contributed by atoms with E-state index >= 15 is 0 Å². The van der Waals surface area contributed by atoms with Crippen molar-refractivity contribution in [1.82, 2.24) is 10.4 Å². The van der Waals surface area contributed by atoms with Gasteiger partial charge in [-0.15, -0.1) is 0 Å². The minimum absolute atomic E-state index is 0.103. The monoisotopic (exact) mass is 275 g/mol. The van der Waals surface area contributed by atoms with Crippen LogP contribution in [-0.4, -0.2) is 11.1 Å². The Bertz CT molecular complexity index is 552. The SMILES string of the molecule is CCc1ccc(C(NN)c2cncc(OC(C)C)c2)o1. The number of nitrogens with one attached hydrogen (secondary N) is 1. The number of aromatic nitrogens is 1. The second kappa shape index (κ2) is 6.54. The Morgan fingerprint density at radius 1 is 1.35 bits per heavy atom. The van der Waals surface area contributed by atoms with Crippen molar-refractivity contribution >= 4 is 0 Å². The first-order valence-corrected chi connectivity index (χ1v) is 6.80. The van der Waals surface area contributed by atoms with Crippen LogP contribution in [0.15, 0.2) is 35.0 Å². The normalized spacial score (nSPS) is 12.7. The molecule has 2 aromatic heterocycles. The lowest BCUT2D eigenvalue weighted by Crippen LogP contribution is -2.28. The van der Waals surface area contributed by atoms with E-state index in [-0.39, 0.29) is 12.1 Å². The summed E-state index contributed by atoms with van der Waals surface area (Å²) < 4.78 is 11.4. The van der Waals surface area contributed by atoms with Crippen LogP contribution in [0, 0.1) is 0 Å². The molecule has 2 rings (SSSR count). The van der Waals surface area contributed by atoms with E-state index in [1.54, 1.807) is 12.4 Å². The summed E-state index contributed by atoms with van der Waals surface area (Å²) >= 11 is 0. The fourth-order valence-corrected chi connectivity index (χ4v) is 2.01. The van der Waals surface area contributed by atoms with Crippen molar-refractivity contribution < 1.29 is 9.15 Å². The highest BCUT2D eigenvalue weighted by Crippen LogP contribution is 2.25. The molecule has 1 atom stereocenters. The molecule has 5 heteroatoms. The van der Waals surface area contributed by atoms with Crippen molar-refractivity contribution in [3.8, 4) is 5.75 Å². The van der Waals surface area contributed by atoms with Crippen LogP contribution in [-0.2, 0) is 6.42 Å². The van der Waals surface area contributed by atoms with Gasteiger partial charge in [-0.2, -0.15) is 0 Å². The topological polar surface area (TPSA) is 73.3 Å². The first-order chi connectivity index (χ1) is 9.63. The number of hydrogen-bond acceptors (Lipinski definition) is 5. The lowest BCUT2D eigenvalue weighted by Gasteiger charge is -2.15. The zero-order valence-electron chi connectivity index (χ0n) is 12.1. The fourth-order valence-electron chi connectivity index (χ4n) is 2.01. The Morgan fingerprint density at radius 2 is 2.15 bits per heavy atom. The molecule has 1 unspecified atom stereocenters. The van der Waals surface area contributed by atoms with Crippen molar-refractivity contribution in [2.45, 2.75) is 39.3 Å². The summed E-state index contributed by atoms with van der Waals surface area (Å²) in [5.41, 5.74) is 3.67. The van der Waals surface area contributed by atoms with Crippen LogP contribution in [0.3, 0.4) is 0 Å². The fraction of sp³-hybridized carbons (Fsp3) is 0.400. The van der Waals surface area contributed by atoms with E-state index in [2.05, 4.69) is 10.4 Å². The zero-order chi connectivity index (χ0) is 14.5. The van der Waals surface area contributed by atoms with Gasteiger partial charge in [0.15, 0.2) is 0 Å². The molecule has 5 nitrogen and oxygen atoms in total. The van der Waals surface area contributed by atoms with Gasteiger partial charge in [0, 0.05) is 12.6 Å². The molecule has 0 aliphatic carbocycles. The maximum atomic E-state index is 5.75. The third kappa shape index (κ3) is 3.37. The van der Waals surface area contributed by atoms with E-state index in [0.29, 0.717) is 0 Å². The molecule has 0 fully saturated rings. The van der Waals surface area contributed by atoms with Crippen molar-refractivity contribution in [2.75, 3.05) is 0 Å². The Morgan fingerprint density at radius 3 is 2.75 bits per heavy atom. The number of rotatable bonds is 6. The van der Waals surface area contributed by atoms with Crippen LogP contribution in [0.2, 0.25) is 0 Å². The van der Waals surface area contributed by atoms with Crippen LogP contribution >= 0.6 is 0 Å². The van der Waals surface area contributed by atoms with Crippen molar-refractivity contribution in [3.63, 3.8) is 0 Å². The van der Waals surface area contributed by atoms with E-state index in [1.807, 2.05) is 39.0 Å². The molecule has 0 aliphatic heterocycles. The van der Waals surface area contributed by atoms with Crippen molar-refractivity contribution in [1.29, 1.82) is 0 Å². The Balaban J connectivity index is 2.26. The molecule has 0 bridgehead atoms. The molecular weight excluding hydrogens is 254 g/mol. The second-order valence-electron chi connectivity index (χ2n) is 4.88. The summed E-state index contributed by atoms with van der Waals surface area (Å²) in [6.07, 6.45) is 4.40. The van der Waals surface area contributed by atoms with Crippen LogP contribution < -0.4 is 16.0 Å². The van der Waals surface area contributed by atoms with Gasteiger partial charge in [0.1, 0.15) is 23.3 Å². The lowest BCUT2D eigenvalue weighted by molar-refractivity contribution is 0.241. The molecule has 3 N–H and O–H groups in total. The van der Waals surface area contributed by atoms with Gasteiger partial charge in [-0.1, -0.05) is 6.92 Å². The molecular formula is C15H21N3O2. The van der Waals surface area contributed by atoms with Gasteiger partial charge >= 0.3 is 0 Å². The Labute approximate surface area is 119 Å². The van der Waals surface area contributed by atoms with E-state index in [1.165, 1.54) is 0 Å². The van der Waals surface area contributed by atoms with Gasteiger partial charge in [-0.05, 0) is 37.6 Å². The van der Waals surface area contributed by atoms with Crippen molar-refractivity contribution in [2.24, 2.45) is 5.84 Å². The smallest absolute Gasteiger partial charge is 0.138 e. The van der Waals surface area contributed by atoms with Crippen LogP contribution in [0.4, 0.5) is 0 Å². The maximum Gasteiger partial charge on any atom is 0.138 e. The number of nitrogens with two attached hydrogens (primary N) is 1. The molecule has 0 amide bonds. The quantitative estimate of drug-likeness (QED) is 0.626. The minimum Gasteiger partial charge on any atom is -0.489 e. The summed E-state index contributed by atoms with van der Waals surface area (Å²) in [6.45, 7) is 6.00.